The van der Waals surface area contributed by atoms with E-state index >= 15 is 0 Å². The van der Waals surface area contributed by atoms with E-state index in [4.69, 9.17) is 19.5 Å². The predicted octanol–water partition coefficient (Wildman–Crippen LogP) is 3.65. The number of nitrogens with one attached hydrogen (secondary N) is 1. The fourth-order valence-corrected chi connectivity index (χ4v) is 4.15. The van der Waals surface area contributed by atoms with Crippen molar-refractivity contribution in [3.8, 4) is 17.6 Å². The smallest absolute Gasteiger partial charge is 0.407 e. The number of rotatable bonds is 7. The molecular weight excluding hydrogens is 394 g/mol. The van der Waals surface area contributed by atoms with Gasteiger partial charge in [0.05, 0.1) is 25.3 Å². The highest BCUT2D eigenvalue weighted by Crippen LogP contribution is 2.31. The summed E-state index contributed by atoms with van der Waals surface area (Å²) < 4.78 is 17.1. The molecule has 2 fully saturated rings. The molecule has 0 radical (unpaired) electrons. The van der Waals surface area contributed by atoms with Gasteiger partial charge in [-0.1, -0.05) is 12.1 Å². The SMILES string of the molecule is COc1ccc(C(CCN2CCC3(CC2)CNC(=O)O3)Oc2ccc(C#N)cc2)cc1. The molecule has 2 aliphatic rings. The maximum Gasteiger partial charge on any atom is 0.407 e. The zero-order valence-corrected chi connectivity index (χ0v) is 17.7. The Balaban J connectivity index is 1.40. The summed E-state index contributed by atoms with van der Waals surface area (Å²) in [5, 5.41) is 11.8. The number of likely N-dealkylation sites (tertiary alicyclic amines) is 1. The Bertz CT molecular complexity index is 929. The van der Waals surface area contributed by atoms with Crippen molar-refractivity contribution >= 4 is 6.09 Å². The fraction of sp³-hybridized carbons (Fsp3) is 0.417. The zero-order chi connectivity index (χ0) is 21.7. The zero-order valence-electron chi connectivity index (χ0n) is 17.7. The molecule has 0 aromatic heterocycles. The van der Waals surface area contributed by atoms with Gasteiger partial charge in [0.2, 0.25) is 0 Å². The highest BCUT2D eigenvalue weighted by atomic mass is 16.6. The van der Waals surface area contributed by atoms with E-state index in [0.717, 1.165) is 56.0 Å². The third-order valence-corrected chi connectivity index (χ3v) is 6.09. The van der Waals surface area contributed by atoms with E-state index in [-0.39, 0.29) is 17.8 Å². The Morgan fingerprint density at radius 1 is 1.13 bits per heavy atom. The van der Waals surface area contributed by atoms with E-state index in [0.29, 0.717) is 12.1 Å². The molecule has 0 saturated carbocycles. The second-order valence-corrected chi connectivity index (χ2v) is 8.07. The molecule has 2 heterocycles. The molecule has 2 aromatic carbocycles. The van der Waals surface area contributed by atoms with E-state index in [1.807, 2.05) is 36.4 Å². The standard InChI is InChI=1S/C24H27N3O4/c1-29-20-8-4-19(5-9-20)22(30-21-6-2-18(16-25)3-7-21)10-13-27-14-11-24(12-15-27)17-26-23(28)31-24/h2-9,22H,10-15,17H2,1H3,(H,26,28). The average molecular weight is 421 g/mol. The summed E-state index contributed by atoms with van der Waals surface area (Å²) in [5.41, 5.74) is 1.35. The van der Waals surface area contributed by atoms with Gasteiger partial charge < -0.3 is 24.4 Å². The van der Waals surface area contributed by atoms with E-state index in [1.54, 1.807) is 19.2 Å². The second kappa shape index (κ2) is 9.27. The fourth-order valence-electron chi connectivity index (χ4n) is 4.15. The van der Waals surface area contributed by atoms with Crippen LogP contribution >= 0.6 is 0 Å². The minimum Gasteiger partial charge on any atom is -0.497 e. The third-order valence-electron chi connectivity index (χ3n) is 6.09. The van der Waals surface area contributed by atoms with Gasteiger partial charge in [-0.3, -0.25) is 0 Å². The number of hydrogen-bond donors (Lipinski definition) is 1. The van der Waals surface area contributed by atoms with Crippen LogP contribution in [0.1, 0.15) is 36.5 Å². The van der Waals surface area contributed by atoms with Crippen LogP contribution < -0.4 is 14.8 Å². The minimum atomic E-state index is -0.331. The molecule has 1 spiro atoms. The van der Waals surface area contributed by atoms with E-state index in [1.165, 1.54) is 0 Å². The van der Waals surface area contributed by atoms with Gasteiger partial charge in [0.1, 0.15) is 23.2 Å². The number of ether oxygens (including phenoxy) is 3. The van der Waals surface area contributed by atoms with Crippen LogP contribution in [0.3, 0.4) is 0 Å². The highest BCUT2D eigenvalue weighted by molar-refractivity contribution is 5.70. The molecule has 7 nitrogen and oxygen atoms in total. The van der Waals surface area contributed by atoms with Crippen LogP contribution in [0, 0.1) is 11.3 Å². The van der Waals surface area contributed by atoms with Crippen LogP contribution in [-0.4, -0.2) is 49.9 Å². The van der Waals surface area contributed by atoms with Crippen LogP contribution in [0.25, 0.3) is 0 Å². The van der Waals surface area contributed by atoms with Gasteiger partial charge in [-0.25, -0.2) is 4.79 Å². The number of piperidine rings is 1. The molecular formula is C24H27N3O4. The lowest BCUT2D eigenvalue weighted by molar-refractivity contribution is -0.00139. The van der Waals surface area contributed by atoms with Crippen LogP contribution in [0.15, 0.2) is 48.5 Å². The molecule has 4 rings (SSSR count). The number of carbonyl (C=O) groups excluding carboxylic acids is 1. The van der Waals surface area contributed by atoms with Gasteiger partial charge in [0, 0.05) is 38.9 Å². The number of benzene rings is 2. The van der Waals surface area contributed by atoms with Crippen molar-refractivity contribution in [3.63, 3.8) is 0 Å². The van der Waals surface area contributed by atoms with Gasteiger partial charge in [-0.05, 0) is 42.0 Å². The molecule has 1 amide bonds. The molecule has 2 saturated heterocycles. The number of hydrogen-bond acceptors (Lipinski definition) is 6. The van der Waals surface area contributed by atoms with Crippen molar-refractivity contribution in [2.45, 2.75) is 31.0 Å². The normalized spacial score (nSPS) is 18.6. The Morgan fingerprint density at radius 2 is 1.81 bits per heavy atom. The Morgan fingerprint density at radius 3 is 2.39 bits per heavy atom. The quantitative estimate of drug-likeness (QED) is 0.735. The van der Waals surface area contributed by atoms with Crippen molar-refractivity contribution in [2.24, 2.45) is 0 Å². The van der Waals surface area contributed by atoms with E-state index in [2.05, 4.69) is 16.3 Å². The number of nitriles is 1. The lowest BCUT2D eigenvalue weighted by atomic mass is 9.91. The number of nitrogens with zero attached hydrogens (tertiary/aromatic N) is 2. The molecule has 7 heteroatoms. The van der Waals surface area contributed by atoms with Crippen LogP contribution in [0.4, 0.5) is 4.79 Å². The van der Waals surface area contributed by atoms with Gasteiger partial charge in [-0.2, -0.15) is 5.26 Å². The molecule has 1 unspecified atom stereocenters. The number of methoxy groups -OCH3 is 1. The molecule has 31 heavy (non-hydrogen) atoms. The van der Waals surface area contributed by atoms with Crippen LogP contribution in [0.5, 0.6) is 11.5 Å². The van der Waals surface area contributed by atoms with Crippen molar-refractivity contribution in [2.75, 3.05) is 33.3 Å². The topological polar surface area (TPSA) is 83.8 Å². The molecule has 0 bridgehead atoms. The van der Waals surface area contributed by atoms with Gasteiger partial charge >= 0.3 is 6.09 Å². The molecule has 1 N–H and O–H groups in total. The van der Waals surface area contributed by atoms with Crippen molar-refractivity contribution < 1.29 is 19.0 Å². The summed E-state index contributed by atoms with van der Waals surface area (Å²) >= 11 is 0. The molecule has 2 aliphatic heterocycles. The highest BCUT2D eigenvalue weighted by Gasteiger charge is 2.42. The molecule has 2 aromatic rings. The van der Waals surface area contributed by atoms with Crippen molar-refractivity contribution in [1.29, 1.82) is 5.26 Å². The first-order chi connectivity index (χ1) is 15.1. The van der Waals surface area contributed by atoms with Crippen molar-refractivity contribution in [1.82, 2.24) is 10.2 Å². The van der Waals surface area contributed by atoms with Gasteiger partial charge in [0.25, 0.3) is 0 Å². The Hall–Kier alpha value is -3.24. The molecule has 162 valence electrons. The summed E-state index contributed by atoms with van der Waals surface area (Å²) in [6.45, 7) is 3.27. The Kier molecular flexibility index (Phi) is 6.28. The number of carbonyl (C=O) groups is 1. The number of amides is 1. The lowest BCUT2D eigenvalue weighted by Gasteiger charge is -2.37. The summed E-state index contributed by atoms with van der Waals surface area (Å²) in [6.07, 6.45) is 2.08. The molecule has 1 atom stereocenters. The second-order valence-electron chi connectivity index (χ2n) is 8.07. The summed E-state index contributed by atoms with van der Waals surface area (Å²) in [5.74, 6) is 1.54. The molecule has 0 aliphatic carbocycles. The maximum absolute atomic E-state index is 11.4. The minimum absolute atomic E-state index is 0.124. The summed E-state index contributed by atoms with van der Waals surface area (Å²) in [4.78, 5) is 13.8. The average Bonchev–Trinajstić information content (AvgIpc) is 3.18. The monoisotopic (exact) mass is 421 g/mol. The first-order valence-corrected chi connectivity index (χ1v) is 10.6. The van der Waals surface area contributed by atoms with E-state index < -0.39 is 0 Å². The van der Waals surface area contributed by atoms with E-state index in [9.17, 15) is 4.79 Å². The maximum atomic E-state index is 11.4. The van der Waals surface area contributed by atoms with Crippen LogP contribution in [-0.2, 0) is 4.74 Å². The van der Waals surface area contributed by atoms with Crippen molar-refractivity contribution in [3.05, 3.63) is 59.7 Å². The first-order valence-electron chi connectivity index (χ1n) is 10.6. The lowest BCUT2D eigenvalue weighted by Crippen LogP contribution is -2.47. The van der Waals surface area contributed by atoms with Gasteiger partial charge in [0.15, 0.2) is 0 Å². The predicted molar refractivity (Wildman–Crippen MR) is 115 cm³/mol. The third kappa shape index (κ3) is 5.09. The Labute approximate surface area is 182 Å². The summed E-state index contributed by atoms with van der Waals surface area (Å²) in [6, 6.07) is 17.3. The number of alkyl carbamates (subject to hydrolysis) is 1. The van der Waals surface area contributed by atoms with Gasteiger partial charge in [-0.15, -0.1) is 0 Å². The first kappa shape index (κ1) is 21.0. The summed E-state index contributed by atoms with van der Waals surface area (Å²) in [7, 11) is 1.65. The van der Waals surface area contributed by atoms with Crippen LogP contribution in [0.2, 0.25) is 0 Å². The largest absolute Gasteiger partial charge is 0.497 e.